The topological polar surface area (TPSA) is 131 Å². The van der Waals surface area contributed by atoms with Crippen LogP contribution in [0.1, 0.15) is 5.56 Å². The fraction of sp³-hybridized carbons (Fsp3) is 0.100. The van der Waals surface area contributed by atoms with Crippen LogP contribution < -0.4 is 11.2 Å². The molecule has 0 fully saturated rings. The van der Waals surface area contributed by atoms with Crippen LogP contribution in [0.3, 0.4) is 0 Å². The van der Waals surface area contributed by atoms with Gasteiger partial charge < -0.3 is 10.8 Å². The molecule has 11 heteroatoms. The zero-order chi connectivity index (χ0) is 15.4. The number of hydrazone groups is 1. The molecule has 9 nitrogen and oxygen atoms in total. The lowest BCUT2D eigenvalue weighted by atomic mass is 10.2. The van der Waals surface area contributed by atoms with Crippen molar-refractivity contribution in [3.8, 4) is 5.75 Å². The third kappa shape index (κ3) is 4.23. The molecule has 0 spiro atoms. The van der Waals surface area contributed by atoms with Crippen molar-refractivity contribution in [2.24, 2.45) is 5.10 Å². The molecule has 2 rings (SSSR count). The van der Waals surface area contributed by atoms with Crippen molar-refractivity contribution in [2.45, 2.75) is 6.54 Å². The van der Waals surface area contributed by atoms with Gasteiger partial charge in [0.2, 0.25) is 0 Å². The van der Waals surface area contributed by atoms with Gasteiger partial charge in [-0.1, -0.05) is 5.10 Å². The van der Waals surface area contributed by atoms with Crippen LogP contribution in [-0.2, 0) is 11.3 Å². The Morgan fingerprint density at radius 1 is 1.48 bits per heavy atom. The second-order valence-electron chi connectivity index (χ2n) is 3.80. The van der Waals surface area contributed by atoms with Gasteiger partial charge in [0.05, 0.1) is 15.2 Å². The zero-order valence-corrected chi connectivity index (χ0v) is 13.5. The van der Waals surface area contributed by atoms with Crippen LogP contribution in [0, 0.1) is 0 Å². The average Bonchev–Trinajstić information content (AvgIpc) is 2.81. The molecule has 1 aromatic heterocycles. The lowest BCUT2D eigenvalue weighted by molar-refractivity contribution is -0.122. The molecule has 0 saturated carbocycles. The minimum absolute atomic E-state index is 0.00917. The van der Waals surface area contributed by atoms with Gasteiger partial charge in [0.1, 0.15) is 12.3 Å². The number of hydrogen-bond acceptors (Lipinski definition) is 7. The number of aromatic hydroxyl groups is 1. The number of hydrogen-bond donors (Lipinski definition) is 3. The van der Waals surface area contributed by atoms with Crippen molar-refractivity contribution in [1.29, 1.82) is 0 Å². The van der Waals surface area contributed by atoms with E-state index in [1.54, 1.807) is 12.1 Å². The van der Waals surface area contributed by atoms with Crippen LogP contribution in [0.4, 0.5) is 5.95 Å². The van der Waals surface area contributed by atoms with Gasteiger partial charge in [-0.05, 0) is 54.8 Å². The molecule has 1 heterocycles. The Morgan fingerprint density at radius 3 is 2.71 bits per heavy atom. The molecular formula is C10H9Br2N7O2. The summed E-state index contributed by atoms with van der Waals surface area (Å²) in [5.74, 6) is -0.350. The summed E-state index contributed by atoms with van der Waals surface area (Å²) in [6.45, 7) is -0.148. The Bertz CT molecular complexity index is 677. The molecule has 4 N–H and O–H groups in total. The van der Waals surface area contributed by atoms with Gasteiger partial charge in [-0.15, -0.1) is 5.10 Å². The van der Waals surface area contributed by atoms with Gasteiger partial charge in [0.15, 0.2) is 0 Å². The maximum Gasteiger partial charge on any atom is 0.263 e. The molecule has 0 saturated heterocycles. The van der Waals surface area contributed by atoms with Crippen LogP contribution in [-0.4, -0.2) is 37.4 Å². The summed E-state index contributed by atoms with van der Waals surface area (Å²) < 4.78 is 1.01. The van der Waals surface area contributed by atoms with E-state index in [-0.39, 0.29) is 18.2 Å². The Balaban J connectivity index is 1.94. The van der Waals surface area contributed by atoms with Crippen molar-refractivity contribution in [2.75, 3.05) is 5.73 Å². The number of carbonyl (C=O) groups is 1. The number of phenolic OH excluding ortho intramolecular Hbond substituents is 1. The first-order valence-corrected chi connectivity index (χ1v) is 7.07. The van der Waals surface area contributed by atoms with Crippen LogP contribution in [0.25, 0.3) is 0 Å². The van der Waals surface area contributed by atoms with E-state index in [0.29, 0.717) is 14.5 Å². The van der Waals surface area contributed by atoms with E-state index in [4.69, 9.17) is 5.73 Å². The normalized spacial score (nSPS) is 11.0. The van der Waals surface area contributed by atoms with Crippen molar-refractivity contribution >= 4 is 49.9 Å². The molecule has 0 atom stereocenters. The highest BCUT2D eigenvalue weighted by Crippen LogP contribution is 2.32. The van der Waals surface area contributed by atoms with E-state index in [1.165, 1.54) is 6.21 Å². The van der Waals surface area contributed by atoms with Crippen molar-refractivity contribution in [3.63, 3.8) is 0 Å². The van der Waals surface area contributed by atoms with E-state index in [2.05, 4.69) is 57.8 Å². The second-order valence-corrected chi connectivity index (χ2v) is 5.51. The average molecular weight is 419 g/mol. The lowest BCUT2D eigenvalue weighted by Gasteiger charge is -2.02. The largest absolute Gasteiger partial charge is 0.506 e. The summed E-state index contributed by atoms with van der Waals surface area (Å²) >= 11 is 6.39. The maximum atomic E-state index is 11.5. The fourth-order valence-electron chi connectivity index (χ4n) is 1.32. The second kappa shape index (κ2) is 6.63. The number of halogens is 2. The first kappa shape index (κ1) is 15.4. The number of nitrogens with one attached hydrogen (secondary N) is 1. The molecule has 21 heavy (non-hydrogen) atoms. The Hall–Kier alpha value is -2.01. The van der Waals surface area contributed by atoms with Crippen LogP contribution >= 0.6 is 31.9 Å². The summed E-state index contributed by atoms with van der Waals surface area (Å²) in [5, 5.41) is 24.0. The fourth-order valence-corrected chi connectivity index (χ4v) is 2.55. The predicted octanol–water partition coefficient (Wildman–Crippen LogP) is 0.636. The molecule has 110 valence electrons. The molecular weight excluding hydrogens is 410 g/mol. The molecule has 0 bridgehead atoms. The summed E-state index contributed by atoms with van der Waals surface area (Å²) in [7, 11) is 0. The van der Waals surface area contributed by atoms with Crippen LogP contribution in [0.2, 0.25) is 0 Å². The highest BCUT2D eigenvalue weighted by atomic mass is 79.9. The molecule has 0 unspecified atom stereocenters. The number of carbonyl (C=O) groups excluding carboxylic acids is 1. The SMILES string of the molecule is Nc1nnn(CC(=O)N/N=C\c2cc(Br)c(O)c(Br)c2)n1. The summed E-state index contributed by atoms with van der Waals surface area (Å²) in [6, 6.07) is 3.30. The van der Waals surface area contributed by atoms with E-state index in [1.807, 2.05) is 0 Å². The number of benzene rings is 1. The molecule has 0 aliphatic heterocycles. The number of anilines is 1. The highest BCUT2D eigenvalue weighted by Gasteiger charge is 2.06. The first-order chi connectivity index (χ1) is 9.95. The van der Waals surface area contributed by atoms with Gasteiger partial charge in [0.25, 0.3) is 11.9 Å². The summed E-state index contributed by atoms with van der Waals surface area (Å²) in [6.07, 6.45) is 1.43. The zero-order valence-electron chi connectivity index (χ0n) is 10.4. The van der Waals surface area contributed by atoms with E-state index < -0.39 is 5.91 Å². The van der Waals surface area contributed by atoms with E-state index in [9.17, 15) is 9.90 Å². The van der Waals surface area contributed by atoms with Crippen molar-refractivity contribution in [3.05, 3.63) is 26.6 Å². The molecule has 1 amide bonds. The number of nitrogens with zero attached hydrogens (tertiary/aromatic N) is 5. The number of rotatable bonds is 4. The van der Waals surface area contributed by atoms with Crippen molar-refractivity contribution in [1.82, 2.24) is 25.6 Å². The van der Waals surface area contributed by atoms with E-state index in [0.717, 1.165) is 4.80 Å². The minimum Gasteiger partial charge on any atom is -0.506 e. The number of amides is 1. The number of nitrogens with two attached hydrogens (primary N) is 1. The molecule has 1 aromatic carbocycles. The van der Waals surface area contributed by atoms with Gasteiger partial charge in [-0.3, -0.25) is 4.79 Å². The van der Waals surface area contributed by atoms with E-state index >= 15 is 0 Å². The number of phenols is 1. The maximum absolute atomic E-state index is 11.5. The predicted molar refractivity (Wildman–Crippen MR) is 81.5 cm³/mol. The molecule has 2 aromatic rings. The van der Waals surface area contributed by atoms with Gasteiger partial charge in [0, 0.05) is 0 Å². The lowest BCUT2D eigenvalue weighted by Crippen LogP contribution is -2.24. The third-order valence-corrected chi connectivity index (χ3v) is 3.40. The quantitative estimate of drug-likeness (QED) is 0.493. The Labute approximate surface area is 135 Å². The Morgan fingerprint density at radius 2 is 2.14 bits per heavy atom. The molecule has 0 aliphatic carbocycles. The number of tetrazole rings is 1. The first-order valence-electron chi connectivity index (χ1n) is 5.49. The summed E-state index contributed by atoms with van der Waals surface area (Å²) in [4.78, 5) is 12.6. The van der Waals surface area contributed by atoms with Gasteiger partial charge >= 0.3 is 0 Å². The minimum atomic E-state index is -0.430. The number of aromatic nitrogens is 4. The standard InChI is InChI=1S/C10H9Br2N7O2/c11-6-1-5(2-7(12)9(6)21)3-14-15-8(20)4-19-17-10(13)16-18-19/h1-3,21H,4H2,(H2,13,17)(H,15,20)/b14-3-. The highest BCUT2D eigenvalue weighted by molar-refractivity contribution is 9.11. The van der Waals surface area contributed by atoms with Gasteiger partial charge in [-0.2, -0.15) is 9.90 Å². The third-order valence-electron chi connectivity index (χ3n) is 2.20. The molecule has 0 radical (unpaired) electrons. The van der Waals surface area contributed by atoms with Gasteiger partial charge in [-0.25, -0.2) is 5.43 Å². The number of nitrogen functional groups attached to an aromatic ring is 1. The van der Waals surface area contributed by atoms with Crippen LogP contribution in [0.5, 0.6) is 5.75 Å². The molecule has 0 aliphatic rings. The van der Waals surface area contributed by atoms with Crippen molar-refractivity contribution < 1.29 is 9.90 Å². The smallest absolute Gasteiger partial charge is 0.263 e. The summed E-state index contributed by atoms with van der Waals surface area (Å²) in [5.41, 5.74) is 8.26. The Kier molecular flexibility index (Phi) is 4.85. The monoisotopic (exact) mass is 417 g/mol. The van der Waals surface area contributed by atoms with Crippen LogP contribution in [0.15, 0.2) is 26.2 Å².